The summed E-state index contributed by atoms with van der Waals surface area (Å²) < 4.78 is 21.2. The van der Waals surface area contributed by atoms with Gasteiger partial charge in [0.05, 0.1) is 0 Å². The summed E-state index contributed by atoms with van der Waals surface area (Å²) in [6.45, 7) is 3.34. The average molecular weight is 458 g/mol. The van der Waals surface area contributed by atoms with Crippen LogP contribution in [0.2, 0.25) is 0 Å². The second-order valence-corrected chi connectivity index (χ2v) is 8.91. The van der Waals surface area contributed by atoms with Crippen molar-refractivity contribution in [3.63, 3.8) is 0 Å². The Labute approximate surface area is 193 Å². The van der Waals surface area contributed by atoms with Gasteiger partial charge in [-0.15, -0.1) is 0 Å². The molecule has 2 aromatic rings. The lowest BCUT2D eigenvalue weighted by Gasteiger charge is -2.39. The van der Waals surface area contributed by atoms with Crippen LogP contribution in [0.1, 0.15) is 44.9 Å². The lowest BCUT2D eigenvalue weighted by atomic mass is 9.90. The Morgan fingerprint density at radius 1 is 1.03 bits per heavy atom. The lowest BCUT2D eigenvalue weighted by molar-refractivity contribution is -0.139. The molecule has 0 aliphatic carbocycles. The second kappa shape index (κ2) is 11.2. The summed E-state index contributed by atoms with van der Waals surface area (Å²) >= 11 is 0. The van der Waals surface area contributed by atoms with Gasteiger partial charge in [0.15, 0.2) is 0 Å². The van der Waals surface area contributed by atoms with Crippen LogP contribution in [0, 0.1) is 11.7 Å². The third kappa shape index (κ3) is 6.52. The zero-order valence-electron chi connectivity index (χ0n) is 18.9. The maximum Gasteiger partial charge on any atom is 0.223 e. The van der Waals surface area contributed by atoms with Crippen LogP contribution < -0.4 is 4.74 Å². The van der Waals surface area contributed by atoms with E-state index in [-0.39, 0.29) is 29.7 Å². The standard InChI is InChI=1S/C24H32FN5O3/c25-20-6-8-21(9-7-20)33-22-10-14-29(23(31)5-4-13-30-18-26-17-27-30)16-19(22)15-24(32)28-11-2-1-3-12-28/h6-9,17-19,22H,1-5,10-16H2/t19-,22-/m0/s1. The summed E-state index contributed by atoms with van der Waals surface area (Å²) in [5.74, 6) is 0.395. The fourth-order valence-corrected chi connectivity index (χ4v) is 4.67. The average Bonchev–Trinajstić information content (AvgIpc) is 3.35. The van der Waals surface area contributed by atoms with Crippen LogP contribution >= 0.6 is 0 Å². The highest BCUT2D eigenvalue weighted by Crippen LogP contribution is 2.27. The first-order valence-electron chi connectivity index (χ1n) is 11.9. The van der Waals surface area contributed by atoms with E-state index in [1.807, 2.05) is 9.80 Å². The number of carbonyl (C=O) groups excluding carboxylic acids is 2. The molecule has 2 saturated heterocycles. The molecule has 0 unspecified atom stereocenters. The minimum atomic E-state index is -0.314. The molecule has 3 heterocycles. The molecule has 33 heavy (non-hydrogen) atoms. The van der Waals surface area contributed by atoms with Gasteiger partial charge in [-0.25, -0.2) is 9.37 Å². The Bertz CT molecular complexity index is 899. The third-order valence-electron chi connectivity index (χ3n) is 6.51. The number of hydrogen-bond acceptors (Lipinski definition) is 5. The Hall–Kier alpha value is -2.97. The Morgan fingerprint density at radius 3 is 2.55 bits per heavy atom. The maximum absolute atomic E-state index is 13.3. The molecule has 2 atom stereocenters. The molecule has 0 bridgehead atoms. The number of benzene rings is 1. The van der Waals surface area contributed by atoms with Crippen molar-refractivity contribution in [1.29, 1.82) is 0 Å². The molecule has 9 heteroatoms. The Balaban J connectivity index is 1.37. The summed E-state index contributed by atoms with van der Waals surface area (Å²) in [5, 5.41) is 4.07. The number of aryl methyl sites for hydroxylation is 1. The number of rotatable bonds is 8. The van der Waals surface area contributed by atoms with Gasteiger partial charge in [0.1, 0.15) is 30.3 Å². The van der Waals surface area contributed by atoms with Gasteiger partial charge >= 0.3 is 0 Å². The first-order valence-corrected chi connectivity index (χ1v) is 11.9. The van der Waals surface area contributed by atoms with Gasteiger partial charge in [-0.2, -0.15) is 5.10 Å². The van der Waals surface area contributed by atoms with Crippen molar-refractivity contribution < 1.29 is 18.7 Å². The van der Waals surface area contributed by atoms with Crippen LogP contribution in [0.25, 0.3) is 0 Å². The van der Waals surface area contributed by atoms with Gasteiger partial charge in [0.25, 0.3) is 0 Å². The molecule has 4 rings (SSSR count). The van der Waals surface area contributed by atoms with Crippen molar-refractivity contribution in [2.75, 3.05) is 26.2 Å². The summed E-state index contributed by atoms with van der Waals surface area (Å²) in [6.07, 6.45) is 8.30. The summed E-state index contributed by atoms with van der Waals surface area (Å²) in [4.78, 5) is 33.6. The van der Waals surface area contributed by atoms with Crippen LogP contribution in [0.3, 0.4) is 0 Å². The maximum atomic E-state index is 13.3. The molecule has 1 aromatic heterocycles. The van der Waals surface area contributed by atoms with Gasteiger partial charge in [0, 0.05) is 57.9 Å². The molecule has 2 amide bonds. The molecule has 0 spiro atoms. The van der Waals surface area contributed by atoms with E-state index < -0.39 is 0 Å². The van der Waals surface area contributed by atoms with Crippen molar-refractivity contribution in [2.45, 2.75) is 57.6 Å². The molecular weight excluding hydrogens is 425 g/mol. The number of halogens is 1. The number of aromatic nitrogens is 3. The van der Waals surface area contributed by atoms with E-state index in [0.29, 0.717) is 51.1 Å². The van der Waals surface area contributed by atoms with Crippen LogP contribution in [-0.4, -0.2) is 68.7 Å². The molecule has 8 nitrogen and oxygen atoms in total. The first-order chi connectivity index (χ1) is 16.1. The fourth-order valence-electron chi connectivity index (χ4n) is 4.67. The Kier molecular flexibility index (Phi) is 7.91. The molecule has 0 N–H and O–H groups in total. The minimum Gasteiger partial charge on any atom is -0.490 e. The van der Waals surface area contributed by atoms with E-state index >= 15 is 0 Å². The highest BCUT2D eigenvalue weighted by atomic mass is 19.1. The Morgan fingerprint density at radius 2 is 1.82 bits per heavy atom. The number of ether oxygens (including phenoxy) is 1. The van der Waals surface area contributed by atoms with Crippen molar-refractivity contribution in [3.8, 4) is 5.75 Å². The summed E-state index contributed by atoms with van der Waals surface area (Å²) in [5.41, 5.74) is 0. The summed E-state index contributed by atoms with van der Waals surface area (Å²) in [6, 6.07) is 5.97. The van der Waals surface area contributed by atoms with Crippen molar-refractivity contribution in [1.82, 2.24) is 24.6 Å². The summed E-state index contributed by atoms with van der Waals surface area (Å²) in [7, 11) is 0. The predicted octanol–water partition coefficient (Wildman–Crippen LogP) is 2.90. The van der Waals surface area contributed by atoms with Gasteiger partial charge in [-0.1, -0.05) is 0 Å². The number of likely N-dealkylation sites (tertiary alicyclic amines) is 2. The molecule has 0 radical (unpaired) electrons. The van der Waals surface area contributed by atoms with E-state index in [2.05, 4.69) is 10.1 Å². The van der Waals surface area contributed by atoms with Gasteiger partial charge < -0.3 is 14.5 Å². The van der Waals surface area contributed by atoms with Gasteiger partial charge in [-0.3, -0.25) is 14.3 Å². The number of carbonyl (C=O) groups is 2. The topological polar surface area (TPSA) is 80.6 Å². The first kappa shape index (κ1) is 23.2. The largest absolute Gasteiger partial charge is 0.490 e. The number of piperidine rings is 2. The smallest absolute Gasteiger partial charge is 0.223 e. The van der Waals surface area contributed by atoms with E-state index in [9.17, 15) is 14.0 Å². The van der Waals surface area contributed by atoms with E-state index in [1.165, 1.54) is 24.9 Å². The third-order valence-corrected chi connectivity index (χ3v) is 6.51. The molecular formula is C24H32FN5O3. The highest BCUT2D eigenvalue weighted by Gasteiger charge is 2.35. The van der Waals surface area contributed by atoms with Gasteiger partial charge in [-0.05, 0) is 49.9 Å². The fraction of sp³-hybridized carbons (Fsp3) is 0.583. The molecule has 2 aliphatic rings. The lowest BCUT2D eigenvalue weighted by Crippen LogP contribution is -2.49. The molecule has 0 saturated carbocycles. The zero-order chi connectivity index (χ0) is 23.0. The molecule has 2 fully saturated rings. The number of amides is 2. The SMILES string of the molecule is O=C(C[C@H]1CN(C(=O)CCCn2cncn2)CC[C@@H]1Oc1ccc(F)cc1)N1CCCCC1. The number of nitrogens with zero attached hydrogens (tertiary/aromatic N) is 5. The molecule has 2 aliphatic heterocycles. The molecule has 178 valence electrons. The monoisotopic (exact) mass is 457 g/mol. The predicted molar refractivity (Wildman–Crippen MR) is 120 cm³/mol. The van der Waals surface area contributed by atoms with E-state index in [1.54, 1.807) is 23.1 Å². The van der Waals surface area contributed by atoms with Crippen molar-refractivity contribution >= 4 is 11.8 Å². The van der Waals surface area contributed by atoms with Crippen molar-refractivity contribution in [2.24, 2.45) is 5.92 Å². The van der Waals surface area contributed by atoms with Crippen LogP contribution in [0.5, 0.6) is 5.75 Å². The van der Waals surface area contributed by atoms with Gasteiger partial charge in [0.2, 0.25) is 11.8 Å². The quantitative estimate of drug-likeness (QED) is 0.609. The minimum absolute atomic E-state index is 0.0887. The van der Waals surface area contributed by atoms with Crippen LogP contribution in [0.15, 0.2) is 36.9 Å². The van der Waals surface area contributed by atoms with Crippen molar-refractivity contribution in [3.05, 3.63) is 42.7 Å². The normalized spacial score (nSPS) is 21.1. The van der Waals surface area contributed by atoms with E-state index in [4.69, 9.17) is 4.74 Å². The number of hydrogen-bond donors (Lipinski definition) is 0. The zero-order valence-corrected chi connectivity index (χ0v) is 18.9. The molecule has 1 aromatic carbocycles. The van der Waals surface area contributed by atoms with Crippen LogP contribution in [-0.2, 0) is 16.1 Å². The van der Waals surface area contributed by atoms with E-state index in [0.717, 1.165) is 25.9 Å². The highest BCUT2D eigenvalue weighted by molar-refractivity contribution is 5.78. The second-order valence-electron chi connectivity index (χ2n) is 8.91. The van der Waals surface area contributed by atoms with Crippen LogP contribution in [0.4, 0.5) is 4.39 Å².